The Kier molecular flexibility index (Phi) is 6.63. The lowest BCUT2D eigenvalue weighted by molar-refractivity contribution is -0.139. The number of aliphatic carboxylic acids is 1. The van der Waals surface area contributed by atoms with Gasteiger partial charge in [0.15, 0.2) is 0 Å². The second kappa shape index (κ2) is 7.15. The molecule has 16 heavy (non-hydrogen) atoms. The lowest BCUT2D eigenvalue weighted by atomic mass is 10.2. The van der Waals surface area contributed by atoms with E-state index in [4.69, 9.17) is 21.7 Å². The average Bonchev–Trinajstić information content (AvgIpc) is 2.70. The summed E-state index contributed by atoms with van der Waals surface area (Å²) in [5.41, 5.74) is 9.75. The Morgan fingerprint density at radius 2 is 2.06 bits per heavy atom. The number of carboxylic acids is 1. The minimum Gasteiger partial charge on any atom is -0.480 e. The number of rotatable bonds is 3. The van der Waals surface area contributed by atoms with Crippen LogP contribution >= 0.6 is 0 Å². The van der Waals surface area contributed by atoms with Crippen LogP contribution in [0.4, 0.5) is 0 Å². The predicted octanol–water partition coefficient (Wildman–Crippen LogP) is -2.00. The molecule has 94 valence electrons. The average molecular weight is 233 g/mol. The molecule has 1 rings (SSSR count). The summed E-state index contributed by atoms with van der Waals surface area (Å²) in [5, 5.41) is 19.8. The number of nitrogens with two attached hydrogens (primary N) is 2. The predicted molar refractivity (Wildman–Crippen MR) is 57.5 cm³/mol. The summed E-state index contributed by atoms with van der Waals surface area (Å²) in [4.78, 5) is 20.2. The normalized spacial score (nSPS) is 22.8. The van der Waals surface area contributed by atoms with E-state index in [0.717, 1.165) is 19.4 Å². The van der Waals surface area contributed by atoms with Gasteiger partial charge in [-0.15, -0.1) is 0 Å². The molecule has 1 amide bonds. The smallest absolute Gasteiger partial charge is 0.320 e. The third-order valence-electron chi connectivity index (χ3n) is 2.21. The minimum absolute atomic E-state index is 0.269. The maximum absolute atomic E-state index is 10.1. The minimum atomic E-state index is -0.935. The summed E-state index contributed by atoms with van der Waals surface area (Å²) in [5.74, 6) is -1.40. The van der Waals surface area contributed by atoms with E-state index in [1.807, 2.05) is 0 Å². The summed E-state index contributed by atoms with van der Waals surface area (Å²) >= 11 is 0. The molecular formula is C9H19N3O4. The van der Waals surface area contributed by atoms with E-state index in [9.17, 15) is 9.59 Å². The second-order valence-electron chi connectivity index (χ2n) is 3.66. The Morgan fingerprint density at radius 1 is 1.50 bits per heavy atom. The highest BCUT2D eigenvalue weighted by atomic mass is 16.4. The number of carbonyl (C=O) groups excluding carboxylic acids is 1. The van der Waals surface area contributed by atoms with Crippen LogP contribution in [0.15, 0.2) is 0 Å². The Hall–Kier alpha value is -1.18. The van der Waals surface area contributed by atoms with Gasteiger partial charge in [-0.3, -0.25) is 9.59 Å². The fourth-order valence-corrected chi connectivity index (χ4v) is 1.13. The van der Waals surface area contributed by atoms with Gasteiger partial charge in [0, 0.05) is 0 Å². The summed E-state index contributed by atoms with van der Waals surface area (Å²) in [6.45, 7) is 2.27. The summed E-state index contributed by atoms with van der Waals surface area (Å²) < 4.78 is 0. The Morgan fingerprint density at radius 3 is 2.19 bits per heavy atom. The van der Waals surface area contributed by atoms with Crippen molar-refractivity contribution in [2.75, 3.05) is 6.54 Å². The van der Waals surface area contributed by atoms with Crippen LogP contribution in [-0.4, -0.2) is 46.8 Å². The van der Waals surface area contributed by atoms with Gasteiger partial charge in [-0.25, -0.2) is 0 Å². The molecule has 0 aromatic rings. The van der Waals surface area contributed by atoms with Crippen LogP contribution in [0.2, 0.25) is 0 Å². The fourth-order valence-electron chi connectivity index (χ4n) is 1.13. The van der Waals surface area contributed by atoms with Crippen molar-refractivity contribution in [3.05, 3.63) is 0 Å². The molecule has 0 saturated carbocycles. The van der Waals surface area contributed by atoms with Gasteiger partial charge in [0.2, 0.25) is 5.91 Å². The fraction of sp³-hybridized carbons (Fsp3) is 0.778. The van der Waals surface area contributed by atoms with E-state index in [-0.39, 0.29) is 6.04 Å². The summed E-state index contributed by atoms with van der Waals surface area (Å²) in [6, 6.07) is -1.20. The molecule has 1 aliphatic heterocycles. The molecule has 0 bridgehead atoms. The quantitative estimate of drug-likeness (QED) is 0.382. The van der Waals surface area contributed by atoms with Gasteiger partial charge < -0.3 is 27.0 Å². The highest BCUT2D eigenvalue weighted by Gasteiger charge is 2.20. The summed E-state index contributed by atoms with van der Waals surface area (Å²) in [7, 11) is 0. The van der Waals surface area contributed by atoms with Crippen LogP contribution in [0, 0.1) is 0 Å². The lowest BCUT2D eigenvalue weighted by Gasteiger charge is -2.08. The molecule has 0 unspecified atom stereocenters. The molecule has 7 N–H and O–H groups in total. The molecule has 0 aromatic heterocycles. The molecule has 0 spiro atoms. The molecule has 3 atom stereocenters. The van der Waals surface area contributed by atoms with Gasteiger partial charge in [-0.2, -0.15) is 0 Å². The Balaban J connectivity index is 0.000000281. The molecule has 7 heteroatoms. The third kappa shape index (κ3) is 5.64. The van der Waals surface area contributed by atoms with Crippen LogP contribution in [0.25, 0.3) is 0 Å². The maximum Gasteiger partial charge on any atom is 0.320 e. The number of carbonyl (C=O) groups is 2. The van der Waals surface area contributed by atoms with Crippen LogP contribution in [0.5, 0.6) is 0 Å². The van der Waals surface area contributed by atoms with Gasteiger partial charge in [-0.05, 0) is 26.3 Å². The Bertz CT molecular complexity index is 227. The largest absolute Gasteiger partial charge is 0.480 e. The molecular weight excluding hydrogens is 214 g/mol. The van der Waals surface area contributed by atoms with Crippen LogP contribution in [-0.2, 0) is 9.59 Å². The van der Waals surface area contributed by atoms with Crippen LogP contribution < -0.4 is 16.8 Å². The lowest BCUT2D eigenvalue weighted by Crippen LogP contribution is -2.44. The number of amides is 1. The van der Waals surface area contributed by atoms with E-state index < -0.39 is 24.0 Å². The van der Waals surface area contributed by atoms with Crippen molar-refractivity contribution in [2.45, 2.75) is 38.0 Å². The van der Waals surface area contributed by atoms with Crippen molar-refractivity contribution in [3.8, 4) is 0 Å². The maximum atomic E-state index is 10.1. The van der Waals surface area contributed by atoms with Crippen molar-refractivity contribution in [1.29, 1.82) is 0 Å². The van der Waals surface area contributed by atoms with Gasteiger partial charge in [0.25, 0.3) is 0 Å². The monoisotopic (exact) mass is 233 g/mol. The van der Waals surface area contributed by atoms with E-state index in [0.29, 0.717) is 0 Å². The Labute approximate surface area is 93.8 Å². The van der Waals surface area contributed by atoms with Crippen molar-refractivity contribution >= 4 is 11.9 Å². The zero-order chi connectivity index (χ0) is 12.7. The number of nitrogens with one attached hydrogen (secondary N) is 1. The van der Waals surface area contributed by atoms with Gasteiger partial charge >= 0.3 is 5.97 Å². The van der Waals surface area contributed by atoms with Crippen LogP contribution in [0.3, 0.4) is 0 Å². The first kappa shape index (κ1) is 14.8. The molecule has 7 nitrogen and oxygen atoms in total. The number of hydrogen-bond acceptors (Lipinski definition) is 5. The SMILES string of the molecule is C[C@@H](O)[C@H](N)C(N)=O.O=C(O)[C@@H]1CCCN1. The first-order valence-corrected chi connectivity index (χ1v) is 5.05. The molecule has 1 fully saturated rings. The first-order chi connectivity index (χ1) is 7.36. The van der Waals surface area contributed by atoms with Crippen LogP contribution in [0.1, 0.15) is 19.8 Å². The van der Waals surface area contributed by atoms with Crippen molar-refractivity contribution in [1.82, 2.24) is 5.32 Å². The zero-order valence-electron chi connectivity index (χ0n) is 9.22. The number of carboxylic acid groups (broad SMARTS) is 1. The number of aliphatic hydroxyl groups is 1. The van der Waals surface area contributed by atoms with E-state index >= 15 is 0 Å². The van der Waals surface area contributed by atoms with E-state index in [1.165, 1.54) is 6.92 Å². The van der Waals surface area contributed by atoms with Gasteiger partial charge in [0.05, 0.1) is 6.10 Å². The summed E-state index contributed by atoms with van der Waals surface area (Å²) in [6.07, 6.45) is 0.930. The third-order valence-corrected chi connectivity index (χ3v) is 2.21. The van der Waals surface area contributed by atoms with E-state index in [1.54, 1.807) is 0 Å². The van der Waals surface area contributed by atoms with Gasteiger partial charge in [-0.1, -0.05) is 0 Å². The first-order valence-electron chi connectivity index (χ1n) is 5.05. The van der Waals surface area contributed by atoms with E-state index in [2.05, 4.69) is 5.32 Å². The zero-order valence-corrected chi connectivity index (χ0v) is 9.22. The molecule has 1 aliphatic rings. The standard InChI is InChI=1S/C5H9NO2.C4H10N2O2/c7-5(8)4-2-1-3-6-4;1-2(7)3(5)4(6)8/h4,6H,1-3H2,(H,7,8);2-3,7H,5H2,1H3,(H2,6,8)/t4-;2-,3+/m01/s1. The number of primary amides is 1. The highest BCUT2D eigenvalue weighted by molar-refractivity contribution is 5.80. The second-order valence-corrected chi connectivity index (χ2v) is 3.66. The topological polar surface area (TPSA) is 139 Å². The molecule has 0 aromatic carbocycles. The molecule has 0 radical (unpaired) electrons. The van der Waals surface area contributed by atoms with Crippen molar-refractivity contribution < 1.29 is 19.8 Å². The molecule has 1 saturated heterocycles. The molecule has 0 aliphatic carbocycles. The van der Waals surface area contributed by atoms with Gasteiger partial charge in [0.1, 0.15) is 12.1 Å². The van der Waals surface area contributed by atoms with Crippen molar-refractivity contribution in [3.63, 3.8) is 0 Å². The van der Waals surface area contributed by atoms with Crippen molar-refractivity contribution in [2.24, 2.45) is 11.5 Å². The molecule has 1 heterocycles. The number of aliphatic hydroxyl groups excluding tert-OH is 1. The number of hydrogen-bond donors (Lipinski definition) is 5. The highest BCUT2D eigenvalue weighted by Crippen LogP contribution is 2.03.